The van der Waals surface area contributed by atoms with Gasteiger partial charge in [-0.15, -0.1) is 0 Å². The highest BCUT2D eigenvalue weighted by molar-refractivity contribution is 5.18. The average Bonchev–Trinajstić information content (AvgIpc) is 2.76. The first kappa shape index (κ1) is 13.5. The number of nitrogens with zero attached hydrogens (tertiary/aromatic N) is 6. The van der Waals surface area contributed by atoms with E-state index in [1.807, 2.05) is 13.8 Å². The molecule has 0 aromatic carbocycles. The number of rotatable bonds is 3. The van der Waals surface area contributed by atoms with Crippen LogP contribution in [0.4, 0.5) is 0 Å². The second-order valence-corrected chi connectivity index (χ2v) is 6.01. The summed E-state index contributed by atoms with van der Waals surface area (Å²) in [6, 6.07) is 0. The highest BCUT2D eigenvalue weighted by atomic mass is 16.8. The Morgan fingerprint density at radius 2 is 1.90 bits per heavy atom. The largest absolute Gasteiger partial charge is 0.371 e. The van der Waals surface area contributed by atoms with Crippen LogP contribution >= 0.6 is 0 Å². The van der Waals surface area contributed by atoms with E-state index in [-0.39, 0.29) is 19.3 Å². The van der Waals surface area contributed by atoms with E-state index in [4.69, 9.17) is 25.3 Å². The second-order valence-electron chi connectivity index (χ2n) is 6.01. The molecule has 20 heavy (non-hydrogen) atoms. The van der Waals surface area contributed by atoms with Crippen molar-refractivity contribution in [3.8, 4) is 0 Å². The topological polar surface area (TPSA) is 125 Å². The summed E-state index contributed by atoms with van der Waals surface area (Å²) >= 11 is 0. The lowest BCUT2D eigenvalue weighted by molar-refractivity contribution is -0.224. The van der Waals surface area contributed by atoms with E-state index in [0.29, 0.717) is 12.8 Å². The minimum Gasteiger partial charge on any atom is -0.371 e. The van der Waals surface area contributed by atoms with E-state index in [1.54, 1.807) is 0 Å². The molecule has 3 aliphatic heterocycles. The zero-order chi connectivity index (χ0) is 14.4. The molecular formula is C11H16N6O3. The Morgan fingerprint density at radius 1 is 1.15 bits per heavy atom. The standard InChI is InChI=1S/C11H16N6O3/c1-9(2)19-7-8(20-9)11(5-14-16-12)4-3-10(7,6-18-11)15-17-13/h7-8H,3-6H2,1-2H3. The van der Waals surface area contributed by atoms with Gasteiger partial charge in [-0.1, -0.05) is 10.2 Å². The summed E-state index contributed by atoms with van der Waals surface area (Å²) in [7, 11) is 0. The SMILES string of the molecule is CC1(C)OC2C(O1)C1(CN=[N+]=[N-])CCC2(N=[N+]=[N-])CO1. The van der Waals surface area contributed by atoms with E-state index < -0.39 is 23.0 Å². The molecule has 3 saturated heterocycles. The summed E-state index contributed by atoms with van der Waals surface area (Å²) in [5, 5.41) is 7.59. The van der Waals surface area contributed by atoms with Gasteiger partial charge in [-0.2, -0.15) is 0 Å². The van der Waals surface area contributed by atoms with Crippen LogP contribution < -0.4 is 0 Å². The lowest BCUT2D eigenvalue weighted by atomic mass is 9.67. The van der Waals surface area contributed by atoms with Crippen molar-refractivity contribution < 1.29 is 14.2 Å². The van der Waals surface area contributed by atoms with Crippen LogP contribution in [0.15, 0.2) is 10.2 Å². The third kappa shape index (κ3) is 1.76. The Bertz CT molecular complexity index is 514. The van der Waals surface area contributed by atoms with Crippen LogP contribution in [0.1, 0.15) is 26.7 Å². The summed E-state index contributed by atoms with van der Waals surface area (Å²) < 4.78 is 17.8. The molecule has 0 N–H and O–H groups in total. The van der Waals surface area contributed by atoms with E-state index in [2.05, 4.69) is 20.1 Å². The van der Waals surface area contributed by atoms with Gasteiger partial charge in [-0.05, 0) is 37.8 Å². The van der Waals surface area contributed by atoms with Crippen molar-refractivity contribution in [2.75, 3.05) is 13.2 Å². The number of hydrogen-bond donors (Lipinski definition) is 0. The van der Waals surface area contributed by atoms with Crippen LogP contribution in [0.25, 0.3) is 20.9 Å². The fourth-order valence-electron chi connectivity index (χ4n) is 3.42. The zero-order valence-corrected chi connectivity index (χ0v) is 11.4. The summed E-state index contributed by atoms with van der Waals surface area (Å²) in [6.45, 7) is 4.08. The molecule has 9 nitrogen and oxygen atoms in total. The normalized spacial score (nSPS) is 44.3. The van der Waals surface area contributed by atoms with Gasteiger partial charge in [0.2, 0.25) is 0 Å². The van der Waals surface area contributed by atoms with Gasteiger partial charge in [-0.25, -0.2) is 0 Å². The van der Waals surface area contributed by atoms with Crippen LogP contribution in [0, 0.1) is 0 Å². The van der Waals surface area contributed by atoms with Crippen molar-refractivity contribution in [1.29, 1.82) is 0 Å². The van der Waals surface area contributed by atoms with E-state index >= 15 is 0 Å². The van der Waals surface area contributed by atoms with E-state index in [9.17, 15) is 0 Å². The van der Waals surface area contributed by atoms with Crippen LogP contribution in [-0.4, -0.2) is 42.3 Å². The lowest BCUT2D eigenvalue weighted by Gasteiger charge is -2.55. The van der Waals surface area contributed by atoms with Crippen molar-refractivity contribution in [2.24, 2.45) is 10.2 Å². The van der Waals surface area contributed by atoms with Crippen LogP contribution in [-0.2, 0) is 14.2 Å². The van der Waals surface area contributed by atoms with Gasteiger partial charge in [0.1, 0.15) is 23.3 Å². The molecule has 4 atom stereocenters. The molecule has 0 radical (unpaired) electrons. The van der Waals surface area contributed by atoms with Crippen molar-refractivity contribution in [1.82, 2.24) is 0 Å². The van der Waals surface area contributed by atoms with Gasteiger partial charge in [0.15, 0.2) is 5.79 Å². The second kappa shape index (κ2) is 4.25. The predicted octanol–water partition coefficient (Wildman–Crippen LogP) is 2.43. The molecule has 2 bridgehead atoms. The summed E-state index contributed by atoms with van der Waals surface area (Å²) in [6.07, 6.45) is 0.491. The molecule has 0 aromatic rings. The predicted molar refractivity (Wildman–Crippen MR) is 67.6 cm³/mol. The van der Waals surface area contributed by atoms with Gasteiger partial charge in [0.25, 0.3) is 0 Å². The summed E-state index contributed by atoms with van der Waals surface area (Å²) in [5.41, 5.74) is 16.0. The van der Waals surface area contributed by atoms with Crippen LogP contribution in [0.5, 0.6) is 0 Å². The quantitative estimate of drug-likeness (QED) is 0.447. The van der Waals surface area contributed by atoms with E-state index in [1.165, 1.54) is 0 Å². The first-order chi connectivity index (χ1) is 9.47. The lowest BCUT2D eigenvalue weighted by Crippen LogP contribution is -2.70. The molecule has 4 aliphatic rings. The Morgan fingerprint density at radius 3 is 2.50 bits per heavy atom. The Hall–Kier alpha value is -1.50. The number of ether oxygens (including phenoxy) is 3. The first-order valence-electron chi connectivity index (χ1n) is 6.54. The average molecular weight is 280 g/mol. The number of azide groups is 2. The molecular weight excluding hydrogens is 264 g/mol. The van der Waals surface area contributed by atoms with Crippen molar-refractivity contribution in [3.63, 3.8) is 0 Å². The van der Waals surface area contributed by atoms with Crippen molar-refractivity contribution in [3.05, 3.63) is 20.9 Å². The van der Waals surface area contributed by atoms with Gasteiger partial charge in [0, 0.05) is 9.82 Å². The van der Waals surface area contributed by atoms with E-state index in [0.717, 1.165) is 0 Å². The maximum Gasteiger partial charge on any atom is 0.163 e. The van der Waals surface area contributed by atoms with Crippen LogP contribution in [0.3, 0.4) is 0 Å². The zero-order valence-electron chi connectivity index (χ0n) is 11.4. The summed E-state index contributed by atoms with van der Waals surface area (Å²) in [4.78, 5) is 5.76. The molecule has 4 fully saturated rings. The maximum absolute atomic E-state index is 8.83. The maximum atomic E-state index is 8.83. The molecule has 9 heteroatoms. The fourth-order valence-corrected chi connectivity index (χ4v) is 3.42. The third-order valence-corrected chi connectivity index (χ3v) is 4.38. The van der Waals surface area contributed by atoms with Crippen molar-refractivity contribution >= 4 is 0 Å². The van der Waals surface area contributed by atoms with Crippen LogP contribution in [0.2, 0.25) is 0 Å². The Balaban J connectivity index is 2.01. The minimum absolute atomic E-state index is 0.191. The molecule has 4 unspecified atom stereocenters. The molecule has 1 saturated carbocycles. The minimum atomic E-state index is -0.773. The highest BCUT2D eigenvalue weighted by Crippen LogP contribution is 2.53. The molecule has 0 aromatic heterocycles. The monoisotopic (exact) mass is 280 g/mol. The Labute approximate surface area is 115 Å². The molecule has 108 valence electrons. The first-order valence-corrected chi connectivity index (χ1v) is 6.54. The smallest absolute Gasteiger partial charge is 0.163 e. The van der Waals surface area contributed by atoms with Crippen molar-refractivity contribution in [2.45, 2.75) is 55.8 Å². The summed E-state index contributed by atoms with van der Waals surface area (Å²) in [5.74, 6) is -0.773. The molecule has 0 spiro atoms. The molecule has 3 heterocycles. The third-order valence-electron chi connectivity index (χ3n) is 4.38. The fraction of sp³-hybridized carbons (Fsp3) is 1.00. The van der Waals surface area contributed by atoms with Gasteiger partial charge in [0.05, 0.1) is 13.2 Å². The molecule has 0 amide bonds. The number of fused-ring (bicyclic) bond motifs is 2. The van der Waals surface area contributed by atoms with Gasteiger partial charge < -0.3 is 14.2 Å². The van der Waals surface area contributed by atoms with Gasteiger partial charge in [-0.3, -0.25) is 0 Å². The number of hydrogen-bond acceptors (Lipinski definition) is 5. The highest BCUT2D eigenvalue weighted by Gasteiger charge is 2.67. The van der Waals surface area contributed by atoms with Gasteiger partial charge >= 0.3 is 0 Å². The Kier molecular flexibility index (Phi) is 2.86. The molecule has 1 aliphatic carbocycles. The molecule has 4 rings (SSSR count).